The van der Waals surface area contributed by atoms with Crippen LogP contribution in [0.2, 0.25) is 10.0 Å². The van der Waals surface area contributed by atoms with E-state index in [2.05, 4.69) is 4.98 Å². The number of allylic oxidation sites excluding steroid dienone is 1. The van der Waals surface area contributed by atoms with Gasteiger partial charge in [0.25, 0.3) is 5.56 Å². The van der Waals surface area contributed by atoms with E-state index >= 15 is 0 Å². The summed E-state index contributed by atoms with van der Waals surface area (Å²) in [5.41, 5.74) is 2.00. The van der Waals surface area contributed by atoms with Crippen LogP contribution in [0.4, 0.5) is 0 Å². The lowest BCUT2D eigenvalue weighted by molar-refractivity contribution is 0.0697. The van der Waals surface area contributed by atoms with Crippen molar-refractivity contribution in [3.05, 3.63) is 73.7 Å². The maximum Gasteiger partial charge on any atom is 0.335 e. The number of hydrogen-bond acceptors (Lipinski definition) is 3. The van der Waals surface area contributed by atoms with Crippen molar-refractivity contribution in [2.75, 3.05) is 0 Å². The van der Waals surface area contributed by atoms with Gasteiger partial charge in [0.05, 0.1) is 16.5 Å². The molecule has 5 nitrogen and oxygen atoms in total. The van der Waals surface area contributed by atoms with Crippen LogP contribution in [0.15, 0.2) is 41.2 Å². The van der Waals surface area contributed by atoms with Crippen molar-refractivity contribution in [3.8, 4) is 0 Å². The highest BCUT2D eigenvalue weighted by molar-refractivity contribution is 6.35. The van der Waals surface area contributed by atoms with E-state index in [1.54, 1.807) is 22.8 Å². The van der Waals surface area contributed by atoms with Crippen LogP contribution in [0.25, 0.3) is 22.6 Å². The summed E-state index contributed by atoms with van der Waals surface area (Å²) in [5.74, 6) is -0.494. The molecule has 0 amide bonds. The number of nitrogens with zero attached hydrogens (tertiary/aromatic N) is 2. The van der Waals surface area contributed by atoms with Crippen molar-refractivity contribution in [1.29, 1.82) is 0 Å². The largest absolute Gasteiger partial charge is 0.478 e. The molecule has 2 heterocycles. The first-order chi connectivity index (χ1) is 12.4. The molecule has 0 saturated heterocycles. The maximum absolute atomic E-state index is 12.8. The summed E-state index contributed by atoms with van der Waals surface area (Å²) in [7, 11) is 0. The highest BCUT2D eigenvalue weighted by Crippen LogP contribution is 2.30. The Hall–Kier alpha value is -2.63. The zero-order valence-electron chi connectivity index (χ0n) is 13.4. The van der Waals surface area contributed by atoms with Crippen molar-refractivity contribution in [1.82, 2.24) is 9.55 Å². The SMILES string of the molecule is O=C(O)c1ccc2nc3n(c(=O)c2c1)CCC3=Cc1ccc(Cl)cc1Cl. The summed E-state index contributed by atoms with van der Waals surface area (Å²) in [5, 5.41) is 10.5. The summed E-state index contributed by atoms with van der Waals surface area (Å²) in [6.07, 6.45) is 2.55. The Bertz CT molecular complexity index is 1170. The highest BCUT2D eigenvalue weighted by Gasteiger charge is 2.21. The Morgan fingerprint density at radius 1 is 1.19 bits per heavy atom. The van der Waals surface area contributed by atoms with Gasteiger partial charge in [0.15, 0.2) is 0 Å². The minimum atomic E-state index is -1.07. The van der Waals surface area contributed by atoms with Gasteiger partial charge in [-0.1, -0.05) is 29.3 Å². The number of fused-ring (bicyclic) bond motifs is 2. The number of aromatic carboxylic acids is 1. The number of carbonyl (C=O) groups is 1. The normalized spacial score (nSPS) is 14.8. The number of rotatable bonds is 2. The van der Waals surface area contributed by atoms with Gasteiger partial charge in [0, 0.05) is 16.6 Å². The summed E-state index contributed by atoms with van der Waals surface area (Å²) < 4.78 is 1.57. The lowest BCUT2D eigenvalue weighted by atomic mass is 10.1. The second-order valence-corrected chi connectivity index (χ2v) is 6.86. The molecule has 26 heavy (non-hydrogen) atoms. The number of halogens is 2. The molecule has 0 aliphatic carbocycles. The predicted octanol–water partition coefficient (Wildman–Crippen LogP) is 4.35. The first kappa shape index (κ1) is 16.8. The summed E-state index contributed by atoms with van der Waals surface area (Å²) in [4.78, 5) is 28.5. The molecule has 0 atom stereocenters. The molecule has 0 unspecified atom stereocenters. The zero-order valence-corrected chi connectivity index (χ0v) is 14.9. The van der Waals surface area contributed by atoms with E-state index in [-0.39, 0.29) is 11.1 Å². The third kappa shape index (κ3) is 2.79. The first-order valence-corrected chi connectivity index (χ1v) is 8.63. The molecule has 1 aliphatic rings. The Labute approximate surface area is 158 Å². The van der Waals surface area contributed by atoms with Gasteiger partial charge in [-0.05, 0) is 54.0 Å². The molecule has 0 spiro atoms. The lowest BCUT2D eigenvalue weighted by Gasteiger charge is -2.07. The average molecular weight is 387 g/mol. The van der Waals surface area contributed by atoms with Crippen molar-refractivity contribution >= 4 is 51.7 Å². The van der Waals surface area contributed by atoms with Gasteiger partial charge in [-0.3, -0.25) is 9.36 Å². The quantitative estimate of drug-likeness (QED) is 0.710. The molecule has 3 aromatic rings. The molecule has 0 bridgehead atoms. The smallest absolute Gasteiger partial charge is 0.335 e. The molecule has 0 fully saturated rings. The van der Waals surface area contributed by atoms with E-state index in [0.29, 0.717) is 39.7 Å². The maximum atomic E-state index is 12.8. The zero-order chi connectivity index (χ0) is 18.4. The summed E-state index contributed by atoms with van der Waals surface area (Å²) in [6.45, 7) is 0.492. The second kappa shape index (κ2) is 6.27. The van der Waals surface area contributed by atoms with Gasteiger partial charge >= 0.3 is 5.97 Å². The molecule has 1 aliphatic heterocycles. The number of benzene rings is 2. The predicted molar refractivity (Wildman–Crippen MR) is 102 cm³/mol. The minimum Gasteiger partial charge on any atom is -0.478 e. The van der Waals surface area contributed by atoms with E-state index in [0.717, 1.165) is 11.1 Å². The van der Waals surface area contributed by atoms with Gasteiger partial charge in [-0.15, -0.1) is 0 Å². The number of hydrogen-bond donors (Lipinski definition) is 1. The van der Waals surface area contributed by atoms with Crippen LogP contribution in [-0.4, -0.2) is 20.6 Å². The van der Waals surface area contributed by atoms with E-state index in [4.69, 9.17) is 28.3 Å². The van der Waals surface area contributed by atoms with Crippen molar-refractivity contribution in [2.45, 2.75) is 13.0 Å². The fourth-order valence-corrected chi connectivity index (χ4v) is 3.56. The van der Waals surface area contributed by atoms with Crippen molar-refractivity contribution in [3.63, 3.8) is 0 Å². The number of carboxylic acid groups (broad SMARTS) is 1. The molecule has 0 radical (unpaired) electrons. The molecule has 130 valence electrons. The number of aromatic nitrogens is 2. The van der Waals surface area contributed by atoms with E-state index in [1.807, 2.05) is 12.1 Å². The van der Waals surface area contributed by atoms with E-state index in [1.165, 1.54) is 12.1 Å². The van der Waals surface area contributed by atoms with Crippen LogP contribution >= 0.6 is 23.2 Å². The van der Waals surface area contributed by atoms with Crippen LogP contribution in [0, 0.1) is 0 Å². The van der Waals surface area contributed by atoms with Crippen LogP contribution < -0.4 is 5.56 Å². The second-order valence-electron chi connectivity index (χ2n) is 6.01. The first-order valence-electron chi connectivity index (χ1n) is 7.88. The summed E-state index contributed by atoms with van der Waals surface area (Å²) >= 11 is 12.2. The molecule has 1 N–H and O–H groups in total. The van der Waals surface area contributed by atoms with Crippen molar-refractivity contribution < 1.29 is 9.90 Å². The Kier molecular flexibility index (Phi) is 4.05. The molecule has 1 aromatic heterocycles. The average Bonchev–Trinajstić information content (AvgIpc) is 3.00. The fraction of sp³-hybridized carbons (Fsp3) is 0.105. The third-order valence-corrected chi connectivity index (χ3v) is 4.95. The third-order valence-electron chi connectivity index (χ3n) is 4.39. The molecular weight excluding hydrogens is 375 g/mol. The molecule has 2 aromatic carbocycles. The van der Waals surface area contributed by atoms with Crippen LogP contribution in [-0.2, 0) is 6.54 Å². The fourth-order valence-electron chi connectivity index (χ4n) is 3.09. The van der Waals surface area contributed by atoms with Gasteiger partial charge in [0.2, 0.25) is 0 Å². The highest BCUT2D eigenvalue weighted by atomic mass is 35.5. The molecule has 4 rings (SSSR count). The number of carboxylic acids is 1. The van der Waals surface area contributed by atoms with E-state index < -0.39 is 5.97 Å². The van der Waals surface area contributed by atoms with Crippen molar-refractivity contribution in [2.24, 2.45) is 0 Å². The van der Waals surface area contributed by atoms with E-state index in [9.17, 15) is 9.59 Å². The molecule has 0 saturated carbocycles. The molecular formula is C19H12Cl2N2O3. The minimum absolute atomic E-state index is 0.0682. The summed E-state index contributed by atoms with van der Waals surface area (Å²) in [6, 6.07) is 9.62. The standard InChI is InChI=1S/C19H12Cl2N2O3/c20-13-3-1-10(15(21)9-13)7-11-5-6-23-17(11)22-16-4-2-12(19(25)26)8-14(16)18(23)24/h1-4,7-9H,5-6H2,(H,25,26). The van der Waals surface area contributed by atoms with Crippen LogP contribution in [0.5, 0.6) is 0 Å². The Morgan fingerprint density at radius 3 is 2.73 bits per heavy atom. The van der Waals surface area contributed by atoms with Crippen LogP contribution in [0.3, 0.4) is 0 Å². The van der Waals surface area contributed by atoms with Gasteiger partial charge in [-0.25, -0.2) is 9.78 Å². The van der Waals surface area contributed by atoms with Gasteiger partial charge in [0.1, 0.15) is 5.82 Å². The van der Waals surface area contributed by atoms with Gasteiger partial charge in [-0.2, -0.15) is 0 Å². The molecule has 7 heteroatoms. The monoisotopic (exact) mass is 386 g/mol. The van der Waals surface area contributed by atoms with Crippen LogP contribution in [0.1, 0.15) is 28.2 Å². The lowest BCUT2D eigenvalue weighted by Crippen LogP contribution is -2.21. The Balaban J connectivity index is 1.88. The topological polar surface area (TPSA) is 72.2 Å². The Morgan fingerprint density at radius 2 is 2.00 bits per heavy atom. The van der Waals surface area contributed by atoms with Gasteiger partial charge < -0.3 is 5.11 Å².